The molecule has 0 aliphatic carbocycles. The van der Waals surface area contributed by atoms with Crippen LogP contribution in [0.2, 0.25) is 5.15 Å². The maximum absolute atomic E-state index is 13.1. The zero-order chi connectivity index (χ0) is 16.8. The Hall–Kier alpha value is -2.41. The van der Waals surface area contributed by atoms with Gasteiger partial charge in [0, 0.05) is 7.05 Å². The van der Waals surface area contributed by atoms with Crippen LogP contribution in [-0.2, 0) is 23.9 Å². The van der Waals surface area contributed by atoms with Crippen molar-refractivity contribution in [1.82, 2.24) is 19.8 Å². The number of urea groups is 1. The number of nitrogens with one attached hydrogen (secondary N) is 1. The molecule has 1 fully saturated rings. The number of carbonyl (C=O) groups is 2. The van der Waals surface area contributed by atoms with E-state index in [1.165, 1.54) is 30.5 Å². The van der Waals surface area contributed by atoms with Gasteiger partial charge in [-0.2, -0.15) is 0 Å². The molecule has 0 radical (unpaired) electrons. The fourth-order valence-electron chi connectivity index (χ4n) is 2.53. The zero-order valence-electron chi connectivity index (χ0n) is 12.5. The summed E-state index contributed by atoms with van der Waals surface area (Å²) < 4.78 is 14.7. The predicted molar refractivity (Wildman–Crippen MR) is 81.1 cm³/mol. The van der Waals surface area contributed by atoms with Gasteiger partial charge in [-0.15, -0.1) is 0 Å². The summed E-state index contributed by atoms with van der Waals surface area (Å²) in [6.07, 6.45) is 1.45. The van der Waals surface area contributed by atoms with Crippen molar-refractivity contribution in [2.75, 3.05) is 0 Å². The highest BCUT2D eigenvalue weighted by molar-refractivity contribution is 6.29. The fourth-order valence-corrected chi connectivity index (χ4v) is 2.68. The normalized spacial score (nSPS) is 21.0. The first-order valence-corrected chi connectivity index (χ1v) is 7.27. The number of nitrogens with zero attached hydrogens (tertiary/aromatic N) is 3. The lowest BCUT2D eigenvalue weighted by Crippen LogP contribution is -2.40. The van der Waals surface area contributed by atoms with Crippen molar-refractivity contribution in [3.05, 3.63) is 52.8 Å². The average molecular weight is 337 g/mol. The van der Waals surface area contributed by atoms with E-state index in [1.54, 1.807) is 18.5 Å². The van der Waals surface area contributed by atoms with Crippen molar-refractivity contribution < 1.29 is 14.0 Å². The molecule has 1 unspecified atom stereocenters. The first-order chi connectivity index (χ1) is 10.8. The Labute approximate surface area is 136 Å². The van der Waals surface area contributed by atoms with Crippen molar-refractivity contribution in [2.24, 2.45) is 7.05 Å². The molecule has 1 N–H and O–H groups in total. The molecule has 2 heterocycles. The summed E-state index contributed by atoms with van der Waals surface area (Å²) in [6, 6.07) is 4.94. The van der Waals surface area contributed by atoms with Crippen LogP contribution in [0, 0.1) is 5.82 Å². The van der Waals surface area contributed by atoms with Crippen LogP contribution in [0.15, 0.2) is 30.5 Å². The second-order valence-electron chi connectivity index (χ2n) is 5.51. The molecule has 0 spiro atoms. The van der Waals surface area contributed by atoms with Gasteiger partial charge in [-0.05, 0) is 24.6 Å². The van der Waals surface area contributed by atoms with Crippen LogP contribution in [0.5, 0.6) is 0 Å². The van der Waals surface area contributed by atoms with Crippen molar-refractivity contribution in [3.63, 3.8) is 0 Å². The van der Waals surface area contributed by atoms with Crippen LogP contribution in [0.1, 0.15) is 18.3 Å². The molecule has 2 aromatic rings. The van der Waals surface area contributed by atoms with Gasteiger partial charge in [0.25, 0.3) is 5.91 Å². The lowest BCUT2D eigenvalue weighted by atomic mass is 9.92. The molecule has 1 aliphatic heterocycles. The van der Waals surface area contributed by atoms with E-state index >= 15 is 0 Å². The minimum Gasteiger partial charge on any atom is -0.321 e. The molecule has 1 aliphatic rings. The van der Waals surface area contributed by atoms with E-state index in [0.717, 1.165) is 4.90 Å². The Morgan fingerprint density at radius 2 is 1.96 bits per heavy atom. The third-order valence-electron chi connectivity index (χ3n) is 4.02. The number of halogens is 2. The summed E-state index contributed by atoms with van der Waals surface area (Å²) in [4.78, 5) is 30.1. The predicted octanol–water partition coefficient (Wildman–Crippen LogP) is 2.18. The van der Waals surface area contributed by atoms with E-state index in [4.69, 9.17) is 11.6 Å². The SMILES string of the molecule is Cn1c(Cl)cnc1CN1C(=O)NC(C)(c2ccc(F)cc2)C1=O. The highest BCUT2D eigenvalue weighted by Gasteiger charge is 2.49. The Morgan fingerprint density at radius 3 is 2.52 bits per heavy atom. The lowest BCUT2D eigenvalue weighted by molar-refractivity contribution is -0.131. The van der Waals surface area contributed by atoms with Crippen LogP contribution in [-0.4, -0.2) is 26.4 Å². The number of aromatic nitrogens is 2. The van der Waals surface area contributed by atoms with Gasteiger partial charge in [-0.1, -0.05) is 23.7 Å². The Kier molecular flexibility index (Phi) is 3.60. The summed E-state index contributed by atoms with van der Waals surface area (Å²) in [5, 5.41) is 3.07. The summed E-state index contributed by atoms with van der Waals surface area (Å²) in [6.45, 7) is 1.59. The van der Waals surface area contributed by atoms with E-state index in [0.29, 0.717) is 16.5 Å². The quantitative estimate of drug-likeness (QED) is 0.874. The molecule has 1 atom stereocenters. The maximum Gasteiger partial charge on any atom is 0.325 e. The van der Waals surface area contributed by atoms with Crippen molar-refractivity contribution in [3.8, 4) is 0 Å². The molecule has 8 heteroatoms. The first kappa shape index (κ1) is 15.5. The number of carbonyl (C=O) groups excluding carboxylic acids is 2. The highest BCUT2D eigenvalue weighted by Crippen LogP contribution is 2.29. The summed E-state index contributed by atoms with van der Waals surface area (Å²) in [5.41, 5.74) is -0.725. The Morgan fingerprint density at radius 1 is 1.30 bits per heavy atom. The highest BCUT2D eigenvalue weighted by atomic mass is 35.5. The molecule has 120 valence electrons. The van der Waals surface area contributed by atoms with E-state index < -0.39 is 23.3 Å². The fraction of sp³-hybridized carbons (Fsp3) is 0.267. The zero-order valence-corrected chi connectivity index (χ0v) is 13.3. The maximum atomic E-state index is 13.1. The van der Waals surface area contributed by atoms with E-state index in [9.17, 15) is 14.0 Å². The van der Waals surface area contributed by atoms with Crippen LogP contribution in [0.25, 0.3) is 0 Å². The van der Waals surface area contributed by atoms with Crippen molar-refractivity contribution >= 4 is 23.5 Å². The van der Waals surface area contributed by atoms with Gasteiger partial charge < -0.3 is 9.88 Å². The lowest BCUT2D eigenvalue weighted by Gasteiger charge is -2.22. The number of imide groups is 1. The summed E-state index contributed by atoms with van der Waals surface area (Å²) >= 11 is 5.92. The van der Waals surface area contributed by atoms with Crippen LogP contribution in [0.3, 0.4) is 0 Å². The molecule has 1 saturated heterocycles. The minimum atomic E-state index is -1.24. The van der Waals surface area contributed by atoms with E-state index in [2.05, 4.69) is 10.3 Å². The summed E-state index contributed by atoms with van der Waals surface area (Å²) in [7, 11) is 1.70. The molecule has 6 nitrogen and oxygen atoms in total. The third-order valence-corrected chi connectivity index (χ3v) is 4.37. The van der Waals surface area contributed by atoms with Gasteiger partial charge in [0.2, 0.25) is 0 Å². The third kappa shape index (κ3) is 2.46. The molecule has 3 amide bonds. The van der Waals surface area contributed by atoms with Gasteiger partial charge in [-0.3, -0.25) is 9.69 Å². The second-order valence-corrected chi connectivity index (χ2v) is 5.90. The number of amides is 3. The van der Waals surface area contributed by atoms with Crippen LogP contribution < -0.4 is 5.32 Å². The van der Waals surface area contributed by atoms with Crippen molar-refractivity contribution in [2.45, 2.75) is 19.0 Å². The Bertz CT molecular complexity index is 789. The average Bonchev–Trinajstić information content (AvgIpc) is 2.94. The van der Waals surface area contributed by atoms with Gasteiger partial charge in [-0.25, -0.2) is 14.2 Å². The van der Waals surface area contributed by atoms with Gasteiger partial charge in [0.05, 0.1) is 12.7 Å². The van der Waals surface area contributed by atoms with Crippen LogP contribution >= 0.6 is 11.6 Å². The van der Waals surface area contributed by atoms with E-state index in [-0.39, 0.29) is 6.54 Å². The first-order valence-electron chi connectivity index (χ1n) is 6.89. The molecule has 0 saturated carbocycles. The Balaban J connectivity index is 1.90. The molecule has 0 bridgehead atoms. The topological polar surface area (TPSA) is 67.2 Å². The summed E-state index contributed by atoms with van der Waals surface area (Å²) in [5.74, 6) is -0.344. The number of hydrogen-bond acceptors (Lipinski definition) is 3. The van der Waals surface area contributed by atoms with Gasteiger partial charge in [0.1, 0.15) is 22.3 Å². The molecular formula is C15H14ClFN4O2. The van der Waals surface area contributed by atoms with Crippen LogP contribution in [0.4, 0.5) is 9.18 Å². The number of hydrogen-bond donors (Lipinski definition) is 1. The number of rotatable bonds is 3. The molecule has 1 aromatic carbocycles. The molecular weight excluding hydrogens is 323 g/mol. The largest absolute Gasteiger partial charge is 0.325 e. The van der Waals surface area contributed by atoms with Crippen molar-refractivity contribution in [1.29, 1.82) is 0 Å². The number of imidazole rings is 1. The standard InChI is InChI=1S/C15H14ClFN4O2/c1-15(9-3-5-10(17)6-4-9)13(22)21(14(23)19-15)8-12-18-7-11(16)20(12)2/h3-7H,8H2,1-2H3,(H,19,23). The molecule has 3 rings (SSSR count). The van der Waals surface area contributed by atoms with Gasteiger partial charge in [0.15, 0.2) is 0 Å². The van der Waals surface area contributed by atoms with E-state index in [1.807, 2.05) is 0 Å². The smallest absolute Gasteiger partial charge is 0.321 e. The molecule has 1 aromatic heterocycles. The van der Waals surface area contributed by atoms with Gasteiger partial charge >= 0.3 is 6.03 Å². The molecule has 23 heavy (non-hydrogen) atoms. The monoisotopic (exact) mass is 336 g/mol. The number of benzene rings is 1. The minimum absolute atomic E-state index is 0.00463. The second kappa shape index (κ2) is 5.34.